The van der Waals surface area contributed by atoms with Crippen LogP contribution in [0.15, 0.2) is 18.2 Å². The van der Waals surface area contributed by atoms with Crippen LogP contribution in [0.5, 0.6) is 0 Å². The third kappa shape index (κ3) is 4.14. The summed E-state index contributed by atoms with van der Waals surface area (Å²) in [7, 11) is 0. The van der Waals surface area contributed by atoms with Crippen molar-refractivity contribution in [3.05, 3.63) is 29.3 Å². The normalized spacial score (nSPS) is 16.3. The standard InChI is InChI=1S/C14H20N2O2S/c1-11-10-12(14(17)18)2-3-13(11)15-4-5-16-6-8-19-9-7-16/h2-3,10,15H,4-9H2,1H3,(H,17,18). The number of hydrogen-bond acceptors (Lipinski definition) is 4. The van der Waals surface area contributed by atoms with Gasteiger partial charge in [0.1, 0.15) is 0 Å². The Bertz CT molecular complexity index is 445. The number of carboxylic acid groups (broad SMARTS) is 1. The van der Waals surface area contributed by atoms with E-state index in [0.717, 1.165) is 24.3 Å². The number of carboxylic acids is 1. The van der Waals surface area contributed by atoms with Gasteiger partial charge in [0.2, 0.25) is 0 Å². The molecular formula is C14H20N2O2S. The van der Waals surface area contributed by atoms with Gasteiger partial charge in [0, 0.05) is 43.4 Å². The molecule has 0 radical (unpaired) electrons. The van der Waals surface area contributed by atoms with Crippen LogP contribution in [0.1, 0.15) is 15.9 Å². The number of rotatable bonds is 5. The van der Waals surface area contributed by atoms with Crippen LogP contribution in [-0.2, 0) is 0 Å². The Balaban J connectivity index is 1.83. The van der Waals surface area contributed by atoms with Crippen LogP contribution in [0.25, 0.3) is 0 Å². The van der Waals surface area contributed by atoms with E-state index >= 15 is 0 Å². The number of thioether (sulfide) groups is 1. The van der Waals surface area contributed by atoms with Gasteiger partial charge in [0.05, 0.1) is 5.56 Å². The molecule has 5 heteroatoms. The van der Waals surface area contributed by atoms with Crippen molar-refractivity contribution >= 4 is 23.4 Å². The van der Waals surface area contributed by atoms with Gasteiger partial charge < -0.3 is 10.4 Å². The first kappa shape index (κ1) is 14.2. The van der Waals surface area contributed by atoms with E-state index < -0.39 is 5.97 Å². The van der Waals surface area contributed by atoms with Gasteiger partial charge in [-0.15, -0.1) is 0 Å². The molecule has 1 aromatic rings. The molecule has 1 fully saturated rings. The van der Waals surface area contributed by atoms with Crippen LogP contribution in [-0.4, -0.2) is 53.7 Å². The van der Waals surface area contributed by atoms with Crippen LogP contribution < -0.4 is 5.32 Å². The van der Waals surface area contributed by atoms with Crippen LogP contribution in [0.4, 0.5) is 5.69 Å². The fourth-order valence-electron chi connectivity index (χ4n) is 2.17. The molecule has 2 N–H and O–H groups in total. The number of carbonyl (C=O) groups is 1. The van der Waals surface area contributed by atoms with Gasteiger partial charge >= 0.3 is 5.97 Å². The fraction of sp³-hybridized carbons (Fsp3) is 0.500. The van der Waals surface area contributed by atoms with Gasteiger partial charge in [0.15, 0.2) is 0 Å². The Hall–Kier alpha value is -1.20. The van der Waals surface area contributed by atoms with Gasteiger partial charge in [-0.2, -0.15) is 11.8 Å². The molecule has 0 aliphatic carbocycles. The lowest BCUT2D eigenvalue weighted by atomic mass is 10.1. The third-order valence-corrected chi connectivity index (χ3v) is 4.26. The molecule has 19 heavy (non-hydrogen) atoms. The maximum Gasteiger partial charge on any atom is 0.335 e. The molecular weight excluding hydrogens is 260 g/mol. The number of anilines is 1. The topological polar surface area (TPSA) is 52.6 Å². The number of aromatic carboxylic acids is 1. The van der Waals surface area contributed by atoms with Crippen molar-refractivity contribution in [1.82, 2.24) is 4.90 Å². The summed E-state index contributed by atoms with van der Waals surface area (Å²) in [6, 6.07) is 5.21. The molecule has 0 spiro atoms. The van der Waals surface area contributed by atoms with E-state index in [4.69, 9.17) is 5.11 Å². The van der Waals surface area contributed by atoms with E-state index in [1.54, 1.807) is 12.1 Å². The minimum absolute atomic E-state index is 0.344. The molecule has 2 rings (SSSR count). The summed E-state index contributed by atoms with van der Waals surface area (Å²) in [5, 5.41) is 12.3. The van der Waals surface area contributed by atoms with E-state index in [9.17, 15) is 4.79 Å². The Labute approximate surface area is 118 Å². The molecule has 1 aliphatic rings. The zero-order chi connectivity index (χ0) is 13.7. The van der Waals surface area contributed by atoms with Crippen LogP contribution in [0.2, 0.25) is 0 Å². The highest BCUT2D eigenvalue weighted by atomic mass is 32.2. The molecule has 0 unspecified atom stereocenters. The lowest BCUT2D eigenvalue weighted by molar-refractivity contribution is 0.0697. The van der Waals surface area contributed by atoms with Crippen LogP contribution in [0.3, 0.4) is 0 Å². The quantitative estimate of drug-likeness (QED) is 0.865. The maximum atomic E-state index is 10.9. The zero-order valence-electron chi connectivity index (χ0n) is 11.2. The molecule has 0 saturated carbocycles. The average Bonchev–Trinajstić information content (AvgIpc) is 2.41. The molecule has 4 nitrogen and oxygen atoms in total. The molecule has 0 atom stereocenters. The fourth-order valence-corrected chi connectivity index (χ4v) is 3.15. The summed E-state index contributed by atoms with van der Waals surface area (Å²) >= 11 is 2.02. The lowest BCUT2D eigenvalue weighted by Crippen LogP contribution is -2.36. The molecule has 1 aromatic carbocycles. The maximum absolute atomic E-state index is 10.9. The second-order valence-corrected chi connectivity index (χ2v) is 5.94. The first-order valence-electron chi connectivity index (χ1n) is 6.55. The average molecular weight is 280 g/mol. The number of nitrogens with zero attached hydrogens (tertiary/aromatic N) is 1. The predicted molar refractivity (Wildman–Crippen MR) is 80.4 cm³/mol. The van der Waals surface area contributed by atoms with Gasteiger partial charge in [-0.3, -0.25) is 4.90 Å². The number of aryl methyl sites for hydroxylation is 1. The zero-order valence-corrected chi connectivity index (χ0v) is 12.0. The molecule has 104 valence electrons. The van der Waals surface area contributed by atoms with Gasteiger partial charge in [0.25, 0.3) is 0 Å². The second-order valence-electron chi connectivity index (χ2n) is 4.72. The van der Waals surface area contributed by atoms with Gasteiger partial charge in [-0.25, -0.2) is 4.79 Å². The van der Waals surface area contributed by atoms with E-state index in [0.29, 0.717) is 5.56 Å². The largest absolute Gasteiger partial charge is 0.478 e. The van der Waals surface area contributed by atoms with Crippen LogP contribution in [0, 0.1) is 6.92 Å². The van der Waals surface area contributed by atoms with Crippen LogP contribution >= 0.6 is 11.8 Å². The molecule has 0 amide bonds. The number of nitrogens with one attached hydrogen (secondary N) is 1. The molecule has 1 aliphatic heterocycles. The van der Waals surface area contributed by atoms with Crippen molar-refractivity contribution < 1.29 is 9.90 Å². The first-order valence-corrected chi connectivity index (χ1v) is 7.70. The van der Waals surface area contributed by atoms with Gasteiger partial charge in [-0.1, -0.05) is 0 Å². The van der Waals surface area contributed by atoms with Crippen molar-refractivity contribution in [3.63, 3.8) is 0 Å². The predicted octanol–water partition coefficient (Wildman–Crippen LogP) is 2.15. The number of hydrogen-bond donors (Lipinski definition) is 2. The summed E-state index contributed by atoms with van der Waals surface area (Å²) in [5.41, 5.74) is 2.35. The minimum atomic E-state index is -0.875. The van der Waals surface area contributed by atoms with Crippen molar-refractivity contribution in [2.75, 3.05) is 43.0 Å². The van der Waals surface area contributed by atoms with Crippen molar-refractivity contribution in [2.24, 2.45) is 0 Å². The first-order chi connectivity index (χ1) is 9.16. The van der Waals surface area contributed by atoms with E-state index in [1.807, 2.05) is 24.8 Å². The molecule has 0 aromatic heterocycles. The Kier molecular flexibility index (Phi) is 5.10. The summed E-state index contributed by atoms with van der Waals surface area (Å²) < 4.78 is 0. The SMILES string of the molecule is Cc1cc(C(=O)O)ccc1NCCN1CCSCC1. The third-order valence-electron chi connectivity index (χ3n) is 3.32. The highest BCUT2D eigenvalue weighted by molar-refractivity contribution is 7.99. The highest BCUT2D eigenvalue weighted by Crippen LogP contribution is 2.16. The van der Waals surface area contributed by atoms with E-state index in [-0.39, 0.29) is 0 Å². The number of benzene rings is 1. The van der Waals surface area contributed by atoms with Crippen molar-refractivity contribution in [1.29, 1.82) is 0 Å². The summed E-state index contributed by atoms with van der Waals surface area (Å²) in [6.45, 7) is 6.22. The second kappa shape index (κ2) is 6.82. The summed E-state index contributed by atoms with van der Waals surface area (Å²) in [4.78, 5) is 13.3. The van der Waals surface area contributed by atoms with E-state index in [2.05, 4.69) is 10.2 Å². The summed E-state index contributed by atoms with van der Waals surface area (Å²) in [5.74, 6) is 1.58. The van der Waals surface area contributed by atoms with Gasteiger partial charge in [-0.05, 0) is 30.7 Å². The minimum Gasteiger partial charge on any atom is -0.478 e. The Morgan fingerprint density at radius 2 is 2.16 bits per heavy atom. The molecule has 0 bridgehead atoms. The lowest BCUT2D eigenvalue weighted by Gasteiger charge is -2.26. The van der Waals surface area contributed by atoms with Crippen molar-refractivity contribution in [2.45, 2.75) is 6.92 Å². The Morgan fingerprint density at radius 1 is 1.42 bits per heavy atom. The summed E-state index contributed by atoms with van der Waals surface area (Å²) in [6.07, 6.45) is 0. The molecule has 1 heterocycles. The van der Waals surface area contributed by atoms with E-state index in [1.165, 1.54) is 24.6 Å². The molecule has 1 saturated heterocycles. The monoisotopic (exact) mass is 280 g/mol. The Morgan fingerprint density at radius 3 is 2.79 bits per heavy atom. The van der Waals surface area contributed by atoms with Crippen molar-refractivity contribution in [3.8, 4) is 0 Å². The highest BCUT2D eigenvalue weighted by Gasteiger charge is 2.10. The smallest absolute Gasteiger partial charge is 0.335 e.